The first-order valence-electron chi connectivity index (χ1n) is 6.29. The maximum Gasteiger partial charge on any atom is 0.335 e. The minimum absolute atomic E-state index is 0.118. The molecule has 5 heteroatoms. The summed E-state index contributed by atoms with van der Waals surface area (Å²) in [7, 11) is 0. The van der Waals surface area contributed by atoms with Crippen LogP contribution in [0.25, 0.3) is 0 Å². The molecule has 0 radical (unpaired) electrons. The van der Waals surface area contributed by atoms with E-state index in [-0.39, 0.29) is 12.0 Å². The lowest BCUT2D eigenvalue weighted by atomic mass is 10.1. The molecule has 5 nitrogen and oxygen atoms in total. The zero-order chi connectivity index (χ0) is 14.3. The van der Waals surface area contributed by atoms with Gasteiger partial charge in [0.1, 0.15) is 0 Å². The van der Waals surface area contributed by atoms with Crippen LogP contribution in [0.1, 0.15) is 35.7 Å². The first-order valence-corrected chi connectivity index (χ1v) is 6.29. The number of nitrogens with zero attached hydrogens (tertiary/aromatic N) is 1. The highest BCUT2D eigenvalue weighted by molar-refractivity contribution is 5.87. The molecule has 104 valence electrons. The van der Waals surface area contributed by atoms with Crippen LogP contribution in [0.15, 0.2) is 24.3 Å². The lowest BCUT2D eigenvalue weighted by molar-refractivity contribution is -0.137. The van der Waals surface area contributed by atoms with Crippen LogP contribution in [0.4, 0.5) is 0 Å². The Balaban J connectivity index is 2.62. The van der Waals surface area contributed by atoms with E-state index in [2.05, 4.69) is 4.90 Å². The van der Waals surface area contributed by atoms with Gasteiger partial charge in [0.05, 0.1) is 12.0 Å². The fourth-order valence-electron chi connectivity index (χ4n) is 1.85. The van der Waals surface area contributed by atoms with Crippen molar-refractivity contribution >= 4 is 11.9 Å². The number of aliphatic carboxylic acids is 1. The second kappa shape index (κ2) is 7.53. The first-order chi connectivity index (χ1) is 9.02. The largest absolute Gasteiger partial charge is 0.481 e. The first kappa shape index (κ1) is 15.2. The monoisotopic (exact) mass is 265 g/mol. The lowest BCUT2D eigenvalue weighted by Crippen LogP contribution is -2.26. The van der Waals surface area contributed by atoms with Gasteiger partial charge in [-0.15, -0.1) is 0 Å². The Morgan fingerprint density at radius 1 is 1.11 bits per heavy atom. The third-order valence-electron chi connectivity index (χ3n) is 2.79. The van der Waals surface area contributed by atoms with Gasteiger partial charge < -0.3 is 10.2 Å². The summed E-state index contributed by atoms with van der Waals surface area (Å²) in [5.74, 6) is -1.75. The summed E-state index contributed by atoms with van der Waals surface area (Å²) in [6.45, 7) is 4.01. The molecule has 1 rings (SSSR count). The van der Waals surface area contributed by atoms with E-state index in [4.69, 9.17) is 10.2 Å². The molecule has 0 spiro atoms. The molecule has 1 aromatic rings. The molecule has 1 aromatic carbocycles. The normalized spacial score (nSPS) is 10.6. The number of carboxylic acids is 2. The lowest BCUT2D eigenvalue weighted by Gasteiger charge is -2.20. The molecule has 0 unspecified atom stereocenters. The predicted molar refractivity (Wildman–Crippen MR) is 71.2 cm³/mol. The minimum atomic E-state index is -0.942. The fraction of sp³-hybridized carbons (Fsp3) is 0.429. The van der Waals surface area contributed by atoms with Crippen LogP contribution in [0.5, 0.6) is 0 Å². The molecule has 0 amide bonds. The summed E-state index contributed by atoms with van der Waals surface area (Å²) in [5.41, 5.74) is 1.25. The molecule has 0 saturated heterocycles. The quantitative estimate of drug-likeness (QED) is 0.752. The zero-order valence-corrected chi connectivity index (χ0v) is 11.0. The van der Waals surface area contributed by atoms with Gasteiger partial charge in [0.2, 0.25) is 0 Å². The summed E-state index contributed by atoms with van der Waals surface area (Å²) < 4.78 is 0. The number of benzene rings is 1. The SMILES string of the molecule is CCCN(CCC(=O)O)Cc1ccc(C(=O)O)cc1. The van der Waals surface area contributed by atoms with E-state index in [9.17, 15) is 9.59 Å². The van der Waals surface area contributed by atoms with Crippen molar-refractivity contribution in [1.82, 2.24) is 4.90 Å². The third kappa shape index (κ3) is 5.52. The Bertz CT molecular complexity index is 428. The summed E-state index contributed by atoms with van der Waals surface area (Å²) in [6, 6.07) is 6.68. The topological polar surface area (TPSA) is 77.8 Å². The molecule has 0 aliphatic heterocycles. The maximum absolute atomic E-state index is 10.7. The number of carboxylic acid groups (broad SMARTS) is 2. The standard InChI is InChI=1S/C14H19NO4/c1-2-8-15(9-7-13(16)17)10-11-3-5-12(6-4-11)14(18)19/h3-6H,2,7-10H2,1H3,(H,16,17)(H,18,19). The predicted octanol–water partition coefficient (Wildman–Crippen LogP) is 2.07. The summed E-state index contributed by atoms with van der Waals surface area (Å²) in [6.07, 6.45) is 1.07. The molecular formula is C14H19NO4. The number of aromatic carboxylic acids is 1. The second-order valence-electron chi connectivity index (χ2n) is 4.42. The Morgan fingerprint density at radius 3 is 2.21 bits per heavy atom. The van der Waals surface area contributed by atoms with Crippen molar-refractivity contribution < 1.29 is 19.8 Å². The van der Waals surface area contributed by atoms with Crippen LogP contribution in [0.2, 0.25) is 0 Å². The van der Waals surface area contributed by atoms with Crippen molar-refractivity contribution in [3.05, 3.63) is 35.4 Å². The molecule has 19 heavy (non-hydrogen) atoms. The van der Waals surface area contributed by atoms with E-state index in [0.717, 1.165) is 18.5 Å². The molecular weight excluding hydrogens is 246 g/mol. The molecule has 0 aromatic heterocycles. The molecule has 0 atom stereocenters. The molecule has 0 fully saturated rings. The highest BCUT2D eigenvalue weighted by atomic mass is 16.4. The van der Waals surface area contributed by atoms with Gasteiger partial charge in [0.25, 0.3) is 0 Å². The van der Waals surface area contributed by atoms with Gasteiger partial charge in [-0.2, -0.15) is 0 Å². The number of rotatable bonds is 8. The number of carbonyl (C=O) groups is 2. The minimum Gasteiger partial charge on any atom is -0.481 e. The van der Waals surface area contributed by atoms with Crippen molar-refractivity contribution in [2.24, 2.45) is 0 Å². The number of hydrogen-bond acceptors (Lipinski definition) is 3. The van der Waals surface area contributed by atoms with E-state index in [1.807, 2.05) is 6.92 Å². The van der Waals surface area contributed by atoms with Gasteiger partial charge >= 0.3 is 11.9 Å². The van der Waals surface area contributed by atoms with Crippen LogP contribution in [-0.2, 0) is 11.3 Å². The van der Waals surface area contributed by atoms with E-state index >= 15 is 0 Å². The van der Waals surface area contributed by atoms with Gasteiger partial charge in [-0.05, 0) is 30.7 Å². The van der Waals surface area contributed by atoms with Crippen LogP contribution in [0, 0.1) is 0 Å². The van der Waals surface area contributed by atoms with E-state index in [0.29, 0.717) is 13.1 Å². The van der Waals surface area contributed by atoms with Crippen LogP contribution in [0.3, 0.4) is 0 Å². The van der Waals surface area contributed by atoms with E-state index in [1.54, 1.807) is 24.3 Å². The molecule has 0 saturated carbocycles. The van der Waals surface area contributed by atoms with Crippen molar-refractivity contribution in [2.45, 2.75) is 26.3 Å². The van der Waals surface area contributed by atoms with Gasteiger partial charge in [-0.3, -0.25) is 9.69 Å². The summed E-state index contributed by atoms with van der Waals surface area (Å²) in [5, 5.41) is 17.5. The van der Waals surface area contributed by atoms with Crippen molar-refractivity contribution in [1.29, 1.82) is 0 Å². The van der Waals surface area contributed by atoms with Gasteiger partial charge in [0, 0.05) is 13.1 Å². The van der Waals surface area contributed by atoms with Crippen molar-refractivity contribution in [3.8, 4) is 0 Å². The van der Waals surface area contributed by atoms with Gasteiger partial charge in [0.15, 0.2) is 0 Å². The Morgan fingerprint density at radius 2 is 1.74 bits per heavy atom. The molecule has 0 aliphatic rings. The average Bonchev–Trinajstić information content (AvgIpc) is 2.37. The fourth-order valence-corrected chi connectivity index (χ4v) is 1.85. The average molecular weight is 265 g/mol. The van der Waals surface area contributed by atoms with E-state index in [1.165, 1.54) is 0 Å². The van der Waals surface area contributed by atoms with Crippen molar-refractivity contribution in [2.75, 3.05) is 13.1 Å². The Hall–Kier alpha value is -1.88. The van der Waals surface area contributed by atoms with Crippen molar-refractivity contribution in [3.63, 3.8) is 0 Å². The molecule has 0 aliphatic carbocycles. The Labute approximate surface area is 112 Å². The smallest absolute Gasteiger partial charge is 0.335 e. The van der Waals surface area contributed by atoms with Crippen LogP contribution < -0.4 is 0 Å². The second-order valence-corrected chi connectivity index (χ2v) is 4.42. The Kier molecular flexibility index (Phi) is 6.02. The molecule has 2 N–H and O–H groups in total. The summed E-state index contributed by atoms with van der Waals surface area (Å²) in [4.78, 5) is 23.4. The maximum atomic E-state index is 10.7. The molecule has 0 heterocycles. The zero-order valence-electron chi connectivity index (χ0n) is 11.0. The van der Waals surface area contributed by atoms with Crippen LogP contribution >= 0.6 is 0 Å². The van der Waals surface area contributed by atoms with E-state index < -0.39 is 11.9 Å². The van der Waals surface area contributed by atoms with Crippen LogP contribution in [-0.4, -0.2) is 40.1 Å². The summed E-state index contributed by atoms with van der Waals surface area (Å²) >= 11 is 0. The highest BCUT2D eigenvalue weighted by Crippen LogP contribution is 2.09. The van der Waals surface area contributed by atoms with Gasteiger partial charge in [-0.25, -0.2) is 4.79 Å². The third-order valence-corrected chi connectivity index (χ3v) is 2.79. The highest BCUT2D eigenvalue weighted by Gasteiger charge is 2.08. The van der Waals surface area contributed by atoms with Gasteiger partial charge in [-0.1, -0.05) is 19.1 Å². The molecule has 0 bridgehead atoms. The number of hydrogen-bond donors (Lipinski definition) is 2.